The van der Waals surface area contributed by atoms with Crippen LogP contribution in [0.3, 0.4) is 0 Å². The number of hydrogen-bond acceptors (Lipinski definition) is 5. The molecule has 0 aliphatic heterocycles. The third-order valence-corrected chi connectivity index (χ3v) is 3.92. The Morgan fingerprint density at radius 3 is 2.96 bits per heavy atom. The summed E-state index contributed by atoms with van der Waals surface area (Å²) in [5, 5.41) is 7.69. The molecule has 3 N–H and O–H groups in total. The van der Waals surface area contributed by atoms with E-state index in [0.717, 1.165) is 29.7 Å². The van der Waals surface area contributed by atoms with Crippen LogP contribution >= 0.6 is 0 Å². The van der Waals surface area contributed by atoms with Crippen molar-refractivity contribution in [2.45, 2.75) is 12.8 Å². The average molecular weight is 323 g/mol. The Balaban J connectivity index is 1.40. The molecule has 0 unspecified atom stereocenters. The van der Waals surface area contributed by atoms with E-state index in [1.165, 1.54) is 6.20 Å². The van der Waals surface area contributed by atoms with Crippen molar-refractivity contribution in [3.8, 4) is 0 Å². The number of para-hydroxylation sites is 2. The zero-order valence-electron chi connectivity index (χ0n) is 13.2. The van der Waals surface area contributed by atoms with Crippen molar-refractivity contribution < 1.29 is 0 Å². The number of aromatic nitrogens is 6. The lowest BCUT2D eigenvalue weighted by molar-refractivity contribution is 0.782. The molecule has 0 aliphatic rings. The molecule has 3 heterocycles. The Hall–Kier alpha value is -3.16. The van der Waals surface area contributed by atoms with Gasteiger partial charge in [0.15, 0.2) is 5.65 Å². The lowest BCUT2D eigenvalue weighted by Crippen LogP contribution is -2.14. The standard InChI is InChI=1S/C16H17N7O/c1-23-14-10(9-18-23)15(24)22-16(21-14)17-8-4-7-13-19-11-5-2-3-6-12(11)20-13/h2-3,5-6,9H,4,7-8H2,1H3,(H,19,20)(H2,17,21,22,24). The fourth-order valence-electron chi connectivity index (χ4n) is 2.70. The minimum absolute atomic E-state index is 0.187. The maximum absolute atomic E-state index is 12.0. The molecule has 4 aromatic rings. The molecule has 0 fully saturated rings. The highest BCUT2D eigenvalue weighted by atomic mass is 16.1. The Morgan fingerprint density at radius 1 is 1.21 bits per heavy atom. The molecule has 8 heteroatoms. The highest BCUT2D eigenvalue weighted by molar-refractivity contribution is 5.75. The van der Waals surface area contributed by atoms with Gasteiger partial charge in [0.2, 0.25) is 5.95 Å². The van der Waals surface area contributed by atoms with Gasteiger partial charge in [0.05, 0.1) is 17.2 Å². The van der Waals surface area contributed by atoms with E-state index in [4.69, 9.17) is 0 Å². The largest absolute Gasteiger partial charge is 0.356 e. The molecule has 122 valence electrons. The van der Waals surface area contributed by atoms with Crippen molar-refractivity contribution in [2.24, 2.45) is 7.05 Å². The van der Waals surface area contributed by atoms with E-state index < -0.39 is 0 Å². The first-order valence-corrected chi connectivity index (χ1v) is 7.80. The van der Waals surface area contributed by atoms with E-state index in [0.29, 0.717) is 23.5 Å². The van der Waals surface area contributed by atoms with E-state index in [2.05, 4.69) is 30.4 Å². The summed E-state index contributed by atoms with van der Waals surface area (Å²) in [5.41, 5.74) is 2.41. The second-order valence-corrected chi connectivity index (χ2v) is 5.65. The number of nitrogens with one attached hydrogen (secondary N) is 3. The van der Waals surface area contributed by atoms with Crippen LogP contribution in [0, 0.1) is 0 Å². The van der Waals surface area contributed by atoms with Gasteiger partial charge in [0, 0.05) is 20.0 Å². The number of rotatable bonds is 5. The molecule has 0 bridgehead atoms. The van der Waals surface area contributed by atoms with Gasteiger partial charge in [0.1, 0.15) is 11.2 Å². The number of benzene rings is 1. The minimum atomic E-state index is -0.187. The summed E-state index contributed by atoms with van der Waals surface area (Å²) in [6.07, 6.45) is 3.21. The monoisotopic (exact) mass is 323 g/mol. The highest BCUT2D eigenvalue weighted by Crippen LogP contribution is 2.11. The summed E-state index contributed by atoms with van der Waals surface area (Å²) in [7, 11) is 1.76. The number of imidazole rings is 1. The first kappa shape index (κ1) is 14.4. The highest BCUT2D eigenvalue weighted by Gasteiger charge is 2.07. The number of anilines is 1. The van der Waals surface area contributed by atoms with Crippen molar-refractivity contribution in [1.29, 1.82) is 0 Å². The van der Waals surface area contributed by atoms with E-state index in [1.54, 1.807) is 11.7 Å². The molecular weight excluding hydrogens is 306 g/mol. The molecule has 0 spiro atoms. The number of nitrogens with zero attached hydrogens (tertiary/aromatic N) is 4. The van der Waals surface area contributed by atoms with Crippen LogP contribution in [0.15, 0.2) is 35.3 Å². The van der Waals surface area contributed by atoms with Gasteiger partial charge in [-0.3, -0.25) is 14.5 Å². The zero-order valence-corrected chi connectivity index (χ0v) is 13.2. The average Bonchev–Trinajstić information content (AvgIpc) is 3.15. The summed E-state index contributed by atoms with van der Waals surface area (Å²) >= 11 is 0. The lowest BCUT2D eigenvalue weighted by Gasteiger charge is -2.04. The molecule has 0 amide bonds. The molecule has 0 saturated carbocycles. The fraction of sp³-hybridized carbons (Fsp3) is 0.250. The predicted octanol–water partition coefficient (Wildman–Crippen LogP) is 1.58. The minimum Gasteiger partial charge on any atom is -0.356 e. The predicted molar refractivity (Wildman–Crippen MR) is 92.0 cm³/mol. The Labute approximate surface area is 136 Å². The van der Waals surface area contributed by atoms with Crippen molar-refractivity contribution in [1.82, 2.24) is 29.7 Å². The van der Waals surface area contributed by atoms with E-state index >= 15 is 0 Å². The third-order valence-electron chi connectivity index (χ3n) is 3.92. The second kappa shape index (κ2) is 5.80. The summed E-state index contributed by atoms with van der Waals surface area (Å²) in [4.78, 5) is 26.9. The van der Waals surface area contributed by atoms with Gasteiger partial charge in [0.25, 0.3) is 5.56 Å². The van der Waals surface area contributed by atoms with Crippen LogP contribution < -0.4 is 10.9 Å². The SMILES string of the molecule is Cn1ncc2c(=O)[nH]c(NCCCc3nc4ccccc4[nH]3)nc21. The van der Waals surface area contributed by atoms with E-state index in [-0.39, 0.29) is 5.56 Å². The van der Waals surface area contributed by atoms with Crippen LogP contribution in [0.25, 0.3) is 22.1 Å². The summed E-state index contributed by atoms with van der Waals surface area (Å²) in [6, 6.07) is 7.97. The van der Waals surface area contributed by atoms with Crippen molar-refractivity contribution in [3.05, 3.63) is 46.6 Å². The molecule has 0 aliphatic carbocycles. The number of H-pyrrole nitrogens is 2. The van der Waals surface area contributed by atoms with Gasteiger partial charge in [-0.1, -0.05) is 12.1 Å². The maximum atomic E-state index is 12.0. The Morgan fingerprint density at radius 2 is 2.08 bits per heavy atom. The van der Waals surface area contributed by atoms with E-state index in [9.17, 15) is 4.79 Å². The first-order chi connectivity index (χ1) is 11.7. The van der Waals surface area contributed by atoms with Gasteiger partial charge >= 0.3 is 0 Å². The maximum Gasteiger partial charge on any atom is 0.263 e. The second-order valence-electron chi connectivity index (χ2n) is 5.65. The van der Waals surface area contributed by atoms with Gasteiger partial charge in [-0.2, -0.15) is 10.1 Å². The van der Waals surface area contributed by atoms with Gasteiger partial charge < -0.3 is 10.3 Å². The van der Waals surface area contributed by atoms with Gasteiger partial charge in [-0.05, 0) is 18.6 Å². The van der Waals surface area contributed by atoms with Crippen molar-refractivity contribution in [3.63, 3.8) is 0 Å². The molecule has 1 aromatic carbocycles. The summed E-state index contributed by atoms with van der Waals surface area (Å²) in [5.74, 6) is 1.42. The molecular formula is C16H17N7O. The number of hydrogen-bond donors (Lipinski definition) is 3. The number of fused-ring (bicyclic) bond motifs is 2. The van der Waals surface area contributed by atoms with Crippen LogP contribution in [0.1, 0.15) is 12.2 Å². The van der Waals surface area contributed by atoms with Crippen LogP contribution in [-0.4, -0.2) is 36.3 Å². The zero-order chi connectivity index (χ0) is 16.5. The molecule has 8 nitrogen and oxygen atoms in total. The van der Waals surface area contributed by atoms with Crippen LogP contribution in [0.5, 0.6) is 0 Å². The van der Waals surface area contributed by atoms with Crippen molar-refractivity contribution >= 4 is 28.0 Å². The molecule has 4 rings (SSSR count). The lowest BCUT2D eigenvalue weighted by atomic mass is 10.3. The Bertz CT molecular complexity index is 1030. The smallest absolute Gasteiger partial charge is 0.263 e. The van der Waals surface area contributed by atoms with E-state index in [1.807, 2.05) is 24.3 Å². The molecule has 0 radical (unpaired) electrons. The molecule has 24 heavy (non-hydrogen) atoms. The van der Waals surface area contributed by atoms with Crippen molar-refractivity contribution in [2.75, 3.05) is 11.9 Å². The van der Waals surface area contributed by atoms with Crippen LogP contribution in [-0.2, 0) is 13.5 Å². The molecule has 0 saturated heterocycles. The molecule has 0 atom stereocenters. The van der Waals surface area contributed by atoms with Crippen LogP contribution in [0.4, 0.5) is 5.95 Å². The number of aromatic amines is 2. The van der Waals surface area contributed by atoms with Crippen LogP contribution in [0.2, 0.25) is 0 Å². The number of aryl methyl sites for hydroxylation is 2. The van der Waals surface area contributed by atoms with Gasteiger partial charge in [-0.25, -0.2) is 4.98 Å². The topological polar surface area (TPSA) is 104 Å². The summed E-state index contributed by atoms with van der Waals surface area (Å²) < 4.78 is 1.59. The summed E-state index contributed by atoms with van der Waals surface area (Å²) in [6.45, 7) is 0.684. The quantitative estimate of drug-likeness (QED) is 0.484. The first-order valence-electron chi connectivity index (χ1n) is 7.80. The normalized spacial score (nSPS) is 11.4. The molecule has 3 aromatic heterocycles. The Kier molecular flexibility index (Phi) is 3.49. The fourth-order valence-corrected chi connectivity index (χ4v) is 2.70. The van der Waals surface area contributed by atoms with Gasteiger partial charge in [-0.15, -0.1) is 0 Å². The third kappa shape index (κ3) is 2.62.